The minimum absolute atomic E-state index is 0.362. The van der Waals surface area contributed by atoms with Crippen LogP contribution >= 0.6 is 0 Å². The van der Waals surface area contributed by atoms with E-state index in [1.54, 1.807) is 6.07 Å². The summed E-state index contributed by atoms with van der Waals surface area (Å²) in [6.45, 7) is 8.49. The molecule has 6 heteroatoms. The Bertz CT molecular complexity index is 606. The van der Waals surface area contributed by atoms with Crippen molar-refractivity contribution >= 4 is 11.6 Å². The lowest BCUT2D eigenvalue weighted by atomic mass is 10.2. The predicted molar refractivity (Wildman–Crippen MR) is 113 cm³/mol. The molecule has 2 aliphatic rings. The molecule has 2 N–H and O–H groups in total. The summed E-state index contributed by atoms with van der Waals surface area (Å²) < 4.78 is 0. The number of phenolic OH excluding ortho intramolecular Hbond substituents is 1. The Morgan fingerprint density at radius 2 is 1.89 bits per heavy atom. The molecule has 6 nitrogen and oxygen atoms in total. The standard InChI is InChI=1S/C21H35N5O/c1-3-22-21(23-12-13-24(2)18-8-4-5-9-18)26-16-14-25(15-17-26)19-10-6-7-11-20(19)27/h6-7,10-11,18,27H,3-5,8-9,12-17H2,1-2H3,(H,22,23). The van der Waals surface area contributed by atoms with Crippen LogP contribution in [0, 0.1) is 0 Å². The fourth-order valence-corrected chi connectivity index (χ4v) is 4.16. The van der Waals surface area contributed by atoms with E-state index < -0.39 is 0 Å². The number of benzene rings is 1. The maximum Gasteiger partial charge on any atom is 0.194 e. The summed E-state index contributed by atoms with van der Waals surface area (Å²) in [5.74, 6) is 1.38. The number of rotatable bonds is 6. The fourth-order valence-electron chi connectivity index (χ4n) is 4.16. The second-order valence-electron chi connectivity index (χ2n) is 7.62. The van der Waals surface area contributed by atoms with E-state index in [9.17, 15) is 5.11 Å². The van der Waals surface area contributed by atoms with Gasteiger partial charge in [-0.15, -0.1) is 0 Å². The van der Waals surface area contributed by atoms with Crippen LogP contribution in [0.5, 0.6) is 5.75 Å². The van der Waals surface area contributed by atoms with Crippen LogP contribution in [0.25, 0.3) is 0 Å². The van der Waals surface area contributed by atoms with E-state index in [-0.39, 0.29) is 0 Å². The average molecular weight is 374 g/mol. The first-order chi connectivity index (χ1) is 13.2. The molecule has 0 radical (unpaired) electrons. The lowest BCUT2D eigenvalue weighted by Crippen LogP contribution is -2.52. The number of aliphatic imine (C=N–C) groups is 1. The topological polar surface area (TPSA) is 54.3 Å². The highest BCUT2D eigenvalue weighted by atomic mass is 16.3. The van der Waals surface area contributed by atoms with Crippen molar-refractivity contribution < 1.29 is 5.11 Å². The molecule has 0 bridgehead atoms. The zero-order chi connectivity index (χ0) is 19.1. The van der Waals surface area contributed by atoms with Crippen LogP contribution in [0.15, 0.2) is 29.3 Å². The van der Waals surface area contributed by atoms with E-state index in [4.69, 9.17) is 4.99 Å². The number of anilines is 1. The largest absolute Gasteiger partial charge is 0.506 e. The van der Waals surface area contributed by atoms with Gasteiger partial charge in [-0.25, -0.2) is 0 Å². The van der Waals surface area contributed by atoms with E-state index in [1.807, 2.05) is 18.2 Å². The molecule has 1 saturated carbocycles. The van der Waals surface area contributed by atoms with Gasteiger partial charge in [0, 0.05) is 45.3 Å². The van der Waals surface area contributed by atoms with Crippen molar-refractivity contribution in [1.29, 1.82) is 0 Å². The van der Waals surface area contributed by atoms with Crippen LogP contribution in [0.1, 0.15) is 32.6 Å². The van der Waals surface area contributed by atoms with Gasteiger partial charge in [-0.2, -0.15) is 0 Å². The fraction of sp³-hybridized carbons (Fsp3) is 0.667. The molecular weight excluding hydrogens is 338 g/mol. The molecule has 150 valence electrons. The summed E-state index contributed by atoms with van der Waals surface area (Å²) in [7, 11) is 2.24. The maximum atomic E-state index is 10.1. The number of nitrogens with zero attached hydrogens (tertiary/aromatic N) is 4. The molecule has 1 aromatic carbocycles. The third kappa shape index (κ3) is 5.28. The monoisotopic (exact) mass is 373 g/mol. The van der Waals surface area contributed by atoms with Gasteiger partial charge in [0.1, 0.15) is 5.75 Å². The summed E-state index contributed by atoms with van der Waals surface area (Å²) in [4.78, 5) is 12.0. The average Bonchev–Trinajstić information content (AvgIpc) is 3.23. The van der Waals surface area contributed by atoms with Gasteiger partial charge in [-0.05, 0) is 38.9 Å². The minimum Gasteiger partial charge on any atom is -0.506 e. The summed E-state index contributed by atoms with van der Waals surface area (Å²) in [5.41, 5.74) is 0.928. The van der Waals surface area contributed by atoms with Gasteiger partial charge in [0.15, 0.2) is 5.96 Å². The smallest absolute Gasteiger partial charge is 0.194 e. The van der Waals surface area contributed by atoms with Crippen LogP contribution in [-0.2, 0) is 0 Å². The number of hydrogen-bond donors (Lipinski definition) is 2. The number of phenols is 1. The summed E-state index contributed by atoms with van der Waals surface area (Å²) in [6, 6.07) is 8.35. The van der Waals surface area contributed by atoms with Gasteiger partial charge in [0.05, 0.1) is 12.2 Å². The molecule has 0 amide bonds. The van der Waals surface area contributed by atoms with Gasteiger partial charge < -0.3 is 25.1 Å². The first kappa shape index (κ1) is 19.8. The van der Waals surface area contributed by atoms with Gasteiger partial charge in [-0.3, -0.25) is 4.99 Å². The maximum absolute atomic E-state index is 10.1. The third-order valence-corrected chi connectivity index (χ3v) is 5.80. The first-order valence-corrected chi connectivity index (χ1v) is 10.5. The van der Waals surface area contributed by atoms with E-state index in [2.05, 4.69) is 34.0 Å². The van der Waals surface area contributed by atoms with Crippen molar-refractivity contribution in [3.8, 4) is 5.75 Å². The number of nitrogens with one attached hydrogen (secondary N) is 1. The molecule has 27 heavy (non-hydrogen) atoms. The second-order valence-corrected chi connectivity index (χ2v) is 7.62. The van der Waals surface area contributed by atoms with E-state index in [0.29, 0.717) is 5.75 Å². The van der Waals surface area contributed by atoms with Crippen molar-refractivity contribution in [2.75, 3.05) is 57.8 Å². The molecule has 1 aliphatic heterocycles. The highest BCUT2D eigenvalue weighted by Gasteiger charge is 2.22. The summed E-state index contributed by atoms with van der Waals surface area (Å²) >= 11 is 0. The zero-order valence-corrected chi connectivity index (χ0v) is 16.9. The van der Waals surface area contributed by atoms with Crippen molar-refractivity contribution in [3.05, 3.63) is 24.3 Å². The molecule has 0 aromatic heterocycles. The van der Waals surface area contributed by atoms with E-state index in [1.165, 1.54) is 25.7 Å². The molecule has 1 saturated heterocycles. The number of aromatic hydroxyl groups is 1. The SMILES string of the molecule is CCNC(=NCCN(C)C1CCCC1)N1CCN(c2ccccc2O)CC1. The Morgan fingerprint density at radius 1 is 1.19 bits per heavy atom. The van der Waals surface area contributed by atoms with Crippen molar-refractivity contribution in [2.45, 2.75) is 38.6 Å². The lowest BCUT2D eigenvalue weighted by molar-refractivity contribution is 0.252. The second kappa shape index (κ2) is 9.83. The molecule has 2 fully saturated rings. The van der Waals surface area contributed by atoms with Crippen molar-refractivity contribution in [2.24, 2.45) is 4.99 Å². The quantitative estimate of drug-likeness (QED) is 0.592. The summed E-state index contributed by atoms with van der Waals surface area (Å²) in [5, 5.41) is 13.5. The first-order valence-electron chi connectivity index (χ1n) is 10.5. The Hall–Kier alpha value is -1.95. The molecule has 0 spiro atoms. The Kier molecular flexibility index (Phi) is 7.21. The van der Waals surface area contributed by atoms with Gasteiger partial charge >= 0.3 is 0 Å². The van der Waals surface area contributed by atoms with Crippen LogP contribution in [0.4, 0.5) is 5.69 Å². The molecule has 1 aliphatic carbocycles. The molecule has 0 atom stereocenters. The van der Waals surface area contributed by atoms with E-state index in [0.717, 1.165) is 63.5 Å². The highest BCUT2D eigenvalue weighted by molar-refractivity contribution is 5.80. The number of hydrogen-bond acceptors (Lipinski definition) is 4. The zero-order valence-electron chi connectivity index (χ0n) is 16.9. The van der Waals surface area contributed by atoms with Gasteiger partial charge in [-0.1, -0.05) is 25.0 Å². The third-order valence-electron chi connectivity index (χ3n) is 5.80. The Morgan fingerprint density at radius 3 is 2.56 bits per heavy atom. The number of guanidine groups is 1. The molecule has 0 unspecified atom stereocenters. The van der Waals surface area contributed by atoms with E-state index >= 15 is 0 Å². The molecule has 1 aromatic rings. The summed E-state index contributed by atoms with van der Waals surface area (Å²) in [6.07, 6.45) is 5.44. The van der Waals surface area contributed by atoms with Crippen LogP contribution in [0.3, 0.4) is 0 Å². The van der Waals surface area contributed by atoms with Crippen molar-refractivity contribution in [1.82, 2.24) is 15.1 Å². The number of piperazine rings is 1. The molecular formula is C21H35N5O. The van der Waals surface area contributed by atoms with Crippen LogP contribution < -0.4 is 10.2 Å². The number of para-hydroxylation sites is 2. The van der Waals surface area contributed by atoms with Gasteiger partial charge in [0.25, 0.3) is 0 Å². The lowest BCUT2D eigenvalue weighted by Gasteiger charge is -2.38. The van der Waals surface area contributed by atoms with Gasteiger partial charge in [0.2, 0.25) is 0 Å². The van der Waals surface area contributed by atoms with Crippen LogP contribution in [-0.4, -0.2) is 79.8 Å². The predicted octanol–water partition coefficient (Wildman–Crippen LogP) is 2.35. The van der Waals surface area contributed by atoms with Crippen molar-refractivity contribution in [3.63, 3.8) is 0 Å². The highest BCUT2D eigenvalue weighted by Crippen LogP contribution is 2.27. The Balaban J connectivity index is 1.52. The molecule has 1 heterocycles. The number of likely N-dealkylation sites (N-methyl/N-ethyl adjacent to an activating group) is 1. The van der Waals surface area contributed by atoms with Crippen LogP contribution in [0.2, 0.25) is 0 Å². The minimum atomic E-state index is 0.362. The normalized spacial score (nSPS) is 19.1. The molecule has 3 rings (SSSR count). The Labute approximate surface area is 163 Å².